The van der Waals surface area contributed by atoms with Crippen LogP contribution in [-0.2, 0) is 4.79 Å². The Balaban J connectivity index is 1.53. The number of thioether (sulfide) groups is 1. The van der Waals surface area contributed by atoms with Crippen LogP contribution in [0, 0.1) is 5.41 Å². The molecule has 4 rings (SSSR count). The monoisotopic (exact) mass is 452 g/mol. The molecular weight excluding hydrogens is 432 g/mol. The van der Waals surface area contributed by atoms with Gasteiger partial charge in [-0.3, -0.25) is 10.2 Å². The molecule has 164 valence electrons. The summed E-state index contributed by atoms with van der Waals surface area (Å²) < 4.78 is 22.5. The van der Waals surface area contributed by atoms with Crippen LogP contribution in [0.25, 0.3) is 6.08 Å². The van der Waals surface area contributed by atoms with Gasteiger partial charge in [0, 0.05) is 0 Å². The molecule has 0 saturated heterocycles. The Morgan fingerprint density at radius 3 is 2.44 bits per heavy atom. The van der Waals surface area contributed by atoms with Crippen molar-refractivity contribution in [1.29, 1.82) is 5.41 Å². The molecule has 0 radical (unpaired) electrons. The summed E-state index contributed by atoms with van der Waals surface area (Å²) >= 11 is 1.19. The fraction of sp³-hybridized carbons (Fsp3) is 0.182. The van der Waals surface area contributed by atoms with E-state index in [0.29, 0.717) is 34.6 Å². The third-order valence-electron chi connectivity index (χ3n) is 4.53. The van der Waals surface area contributed by atoms with Gasteiger partial charge in [0.15, 0.2) is 22.5 Å². The van der Waals surface area contributed by atoms with Gasteiger partial charge >= 0.3 is 0 Å². The van der Waals surface area contributed by atoms with Crippen LogP contribution in [0.2, 0.25) is 0 Å². The number of aliphatic imine (C=N–C) groups is 1. The summed E-state index contributed by atoms with van der Waals surface area (Å²) in [6.45, 7) is 0.607. The van der Waals surface area contributed by atoms with Gasteiger partial charge in [0.2, 0.25) is 5.75 Å². The first-order valence-corrected chi connectivity index (χ1v) is 10.5. The summed E-state index contributed by atoms with van der Waals surface area (Å²) in [5, 5.41) is 14.0. The number of para-hydroxylation sites is 1. The molecule has 0 aliphatic carbocycles. The van der Waals surface area contributed by atoms with Crippen LogP contribution in [0.1, 0.15) is 5.56 Å². The number of benzene rings is 2. The maximum absolute atomic E-state index is 12.4. The second kappa shape index (κ2) is 9.56. The Morgan fingerprint density at radius 1 is 1.06 bits per heavy atom. The molecule has 2 aliphatic heterocycles. The third-order valence-corrected chi connectivity index (χ3v) is 5.21. The molecule has 0 bridgehead atoms. The lowest BCUT2D eigenvalue weighted by Gasteiger charge is -2.20. The van der Waals surface area contributed by atoms with E-state index in [1.807, 2.05) is 30.3 Å². The minimum Gasteiger partial charge on any atom is -0.493 e. The molecular formula is C22H20N4O5S. The molecule has 0 atom stereocenters. The van der Waals surface area contributed by atoms with Crippen LogP contribution in [0.5, 0.6) is 23.0 Å². The molecule has 0 aromatic heterocycles. The fourth-order valence-electron chi connectivity index (χ4n) is 3.05. The molecule has 9 nitrogen and oxygen atoms in total. The number of amidine groups is 2. The quantitative estimate of drug-likeness (QED) is 0.483. The van der Waals surface area contributed by atoms with E-state index in [9.17, 15) is 4.79 Å². The van der Waals surface area contributed by atoms with Crippen molar-refractivity contribution in [3.8, 4) is 23.0 Å². The molecule has 0 fully saturated rings. The van der Waals surface area contributed by atoms with Crippen LogP contribution >= 0.6 is 11.8 Å². The maximum atomic E-state index is 12.4. The molecule has 2 aromatic carbocycles. The Morgan fingerprint density at radius 2 is 1.75 bits per heavy atom. The number of nitrogens with zero attached hydrogens (tertiary/aromatic N) is 3. The van der Waals surface area contributed by atoms with Crippen LogP contribution in [-0.4, -0.2) is 54.9 Å². The van der Waals surface area contributed by atoms with Gasteiger partial charge in [-0.15, -0.1) is 0 Å². The van der Waals surface area contributed by atoms with Crippen LogP contribution in [0.3, 0.4) is 0 Å². The number of nitrogens with one attached hydrogen (secondary N) is 1. The second-order valence-corrected chi connectivity index (χ2v) is 7.33. The Kier molecular flexibility index (Phi) is 6.41. The van der Waals surface area contributed by atoms with E-state index in [1.54, 1.807) is 18.2 Å². The highest BCUT2D eigenvalue weighted by molar-refractivity contribution is 8.25. The SMILES string of the molecule is COc1cc(/C=C2\C(=N)N3N=CSC3=NC2=O)cc(OC)c1OCCOc1ccccc1. The van der Waals surface area contributed by atoms with Gasteiger partial charge in [-0.2, -0.15) is 15.1 Å². The third kappa shape index (κ3) is 4.45. The van der Waals surface area contributed by atoms with Crippen LogP contribution in [0.15, 0.2) is 58.1 Å². The molecule has 2 aliphatic rings. The van der Waals surface area contributed by atoms with Crippen LogP contribution in [0.4, 0.5) is 0 Å². The molecule has 10 heteroatoms. The Bertz CT molecular complexity index is 1110. The van der Waals surface area contributed by atoms with Crippen molar-refractivity contribution >= 4 is 40.3 Å². The van der Waals surface area contributed by atoms with Gasteiger partial charge in [0.1, 0.15) is 19.0 Å². The van der Waals surface area contributed by atoms with Gasteiger partial charge in [0.25, 0.3) is 5.91 Å². The fourth-order valence-corrected chi connectivity index (χ4v) is 3.66. The summed E-state index contributed by atoms with van der Waals surface area (Å²) in [4.78, 5) is 16.4. The molecule has 0 unspecified atom stereocenters. The van der Waals surface area contributed by atoms with Gasteiger partial charge in [-0.25, -0.2) is 0 Å². The lowest BCUT2D eigenvalue weighted by molar-refractivity contribution is -0.114. The average Bonchev–Trinajstić information content (AvgIpc) is 3.28. The molecule has 1 N–H and O–H groups in total. The lowest BCUT2D eigenvalue weighted by Crippen LogP contribution is -2.35. The number of amides is 1. The molecule has 32 heavy (non-hydrogen) atoms. The number of hydrazone groups is 1. The molecule has 1 amide bonds. The predicted octanol–water partition coefficient (Wildman–Crippen LogP) is 3.41. The van der Waals surface area contributed by atoms with E-state index in [-0.39, 0.29) is 18.0 Å². The van der Waals surface area contributed by atoms with Crippen molar-refractivity contribution in [2.45, 2.75) is 0 Å². The van der Waals surface area contributed by atoms with E-state index in [0.717, 1.165) is 5.75 Å². The first kappa shape index (κ1) is 21.4. The van der Waals surface area contributed by atoms with E-state index >= 15 is 0 Å². The highest BCUT2D eigenvalue weighted by atomic mass is 32.2. The summed E-state index contributed by atoms with van der Waals surface area (Å²) in [6.07, 6.45) is 1.55. The van der Waals surface area contributed by atoms with Gasteiger partial charge in [0.05, 0.1) is 25.3 Å². The topological polar surface area (TPSA) is 106 Å². The zero-order valence-corrected chi connectivity index (χ0v) is 18.2. The number of carbonyl (C=O) groups is 1. The van der Waals surface area contributed by atoms with Gasteiger partial charge in [-0.05, 0) is 47.7 Å². The zero-order chi connectivity index (χ0) is 22.5. The van der Waals surface area contributed by atoms with Gasteiger partial charge in [-0.1, -0.05) is 18.2 Å². The van der Waals surface area contributed by atoms with Crippen LogP contribution < -0.4 is 18.9 Å². The van der Waals surface area contributed by atoms with E-state index in [4.69, 9.17) is 24.4 Å². The average molecular weight is 452 g/mol. The molecule has 2 heterocycles. The first-order chi connectivity index (χ1) is 15.6. The number of methoxy groups -OCH3 is 2. The van der Waals surface area contributed by atoms with E-state index in [2.05, 4.69) is 10.1 Å². The standard InChI is InChI=1S/C22H20N4O5S/c1-28-17-11-14(10-16-20(23)26-22(25-21(16)27)32-13-24-26)12-18(29-2)19(17)31-9-8-30-15-6-4-3-5-7-15/h3-7,10-13,23H,8-9H2,1-2H3/b16-10+,23-20?. The first-order valence-electron chi connectivity index (χ1n) is 9.60. The Hall–Kier alpha value is -3.79. The second-order valence-electron chi connectivity index (χ2n) is 6.52. The number of hydrogen-bond acceptors (Lipinski definition) is 8. The van der Waals surface area contributed by atoms with Crippen molar-refractivity contribution in [1.82, 2.24) is 5.01 Å². The van der Waals surface area contributed by atoms with Crippen molar-refractivity contribution in [2.75, 3.05) is 27.4 Å². The molecule has 0 spiro atoms. The summed E-state index contributed by atoms with van der Waals surface area (Å²) in [5.74, 6) is 1.46. The summed E-state index contributed by atoms with van der Waals surface area (Å²) in [7, 11) is 3.03. The zero-order valence-electron chi connectivity index (χ0n) is 17.4. The number of fused-ring (bicyclic) bond motifs is 1. The van der Waals surface area contributed by atoms with Crippen molar-refractivity contribution < 1.29 is 23.7 Å². The highest BCUT2D eigenvalue weighted by Crippen LogP contribution is 2.39. The smallest absolute Gasteiger partial charge is 0.283 e. The van der Waals surface area contributed by atoms with Crippen molar-refractivity contribution in [2.24, 2.45) is 10.1 Å². The summed E-state index contributed by atoms with van der Waals surface area (Å²) in [5.41, 5.74) is 2.24. The molecule has 0 saturated carbocycles. The number of rotatable bonds is 8. The van der Waals surface area contributed by atoms with Crippen molar-refractivity contribution in [3.05, 3.63) is 53.6 Å². The largest absolute Gasteiger partial charge is 0.493 e. The van der Waals surface area contributed by atoms with Crippen molar-refractivity contribution in [3.63, 3.8) is 0 Å². The lowest BCUT2D eigenvalue weighted by atomic mass is 10.1. The van der Waals surface area contributed by atoms with Gasteiger partial charge < -0.3 is 18.9 Å². The minimum atomic E-state index is -0.504. The number of carbonyl (C=O) groups excluding carboxylic acids is 1. The van der Waals surface area contributed by atoms with E-state index in [1.165, 1.54) is 36.5 Å². The normalized spacial score (nSPS) is 16.1. The minimum absolute atomic E-state index is 0.0439. The predicted molar refractivity (Wildman–Crippen MR) is 123 cm³/mol. The van der Waals surface area contributed by atoms with E-state index < -0.39 is 5.91 Å². The number of ether oxygens (including phenoxy) is 4. The number of hydrogen-bond donors (Lipinski definition) is 1. The highest BCUT2D eigenvalue weighted by Gasteiger charge is 2.32. The Labute approximate surface area is 188 Å². The summed E-state index contributed by atoms with van der Waals surface area (Å²) in [6, 6.07) is 12.8. The molecule has 2 aromatic rings. The maximum Gasteiger partial charge on any atom is 0.283 e.